The zero-order valence-corrected chi connectivity index (χ0v) is 9.79. The summed E-state index contributed by atoms with van der Waals surface area (Å²) in [6.07, 6.45) is 0. The number of hydrogen-bond acceptors (Lipinski definition) is 2. The molecule has 0 radical (unpaired) electrons. The second-order valence-corrected chi connectivity index (χ2v) is 6.05. The predicted octanol–water partition coefficient (Wildman–Crippen LogP) is 3.19. The standard InChI is InChI=1S/C11H19NS/c1-9-5-6-10(13-9)7-12-8-11(2,3)4/h5-6,12H,7-8H2,1-4H3. The highest BCUT2D eigenvalue weighted by atomic mass is 32.1. The molecule has 0 aliphatic heterocycles. The lowest BCUT2D eigenvalue weighted by molar-refractivity contribution is 0.380. The van der Waals surface area contributed by atoms with Crippen LogP contribution in [0.15, 0.2) is 12.1 Å². The van der Waals surface area contributed by atoms with Crippen LogP contribution in [-0.4, -0.2) is 6.54 Å². The first-order chi connectivity index (χ1) is 5.97. The van der Waals surface area contributed by atoms with Crippen molar-refractivity contribution in [3.8, 4) is 0 Å². The van der Waals surface area contributed by atoms with Gasteiger partial charge < -0.3 is 5.32 Å². The fourth-order valence-corrected chi connectivity index (χ4v) is 2.00. The number of aryl methyl sites for hydroxylation is 1. The molecule has 0 unspecified atom stereocenters. The van der Waals surface area contributed by atoms with Crippen molar-refractivity contribution in [3.05, 3.63) is 21.9 Å². The second-order valence-electron chi connectivity index (χ2n) is 4.68. The van der Waals surface area contributed by atoms with Gasteiger partial charge in [-0.05, 0) is 24.5 Å². The minimum absolute atomic E-state index is 0.381. The van der Waals surface area contributed by atoms with E-state index >= 15 is 0 Å². The molecule has 13 heavy (non-hydrogen) atoms. The van der Waals surface area contributed by atoms with Crippen molar-refractivity contribution in [3.63, 3.8) is 0 Å². The van der Waals surface area contributed by atoms with Crippen LogP contribution >= 0.6 is 11.3 Å². The van der Waals surface area contributed by atoms with Gasteiger partial charge in [0.05, 0.1) is 0 Å². The fourth-order valence-electron chi connectivity index (χ4n) is 1.14. The second kappa shape index (κ2) is 4.25. The number of rotatable bonds is 3. The molecule has 0 aliphatic carbocycles. The maximum Gasteiger partial charge on any atom is 0.0300 e. The van der Waals surface area contributed by atoms with Crippen molar-refractivity contribution in [1.29, 1.82) is 0 Å². The molecular formula is C11H19NS. The first kappa shape index (κ1) is 10.7. The Morgan fingerprint density at radius 2 is 2.00 bits per heavy atom. The summed E-state index contributed by atoms with van der Waals surface area (Å²) in [5.41, 5.74) is 0.381. The van der Waals surface area contributed by atoms with Gasteiger partial charge in [0.1, 0.15) is 0 Å². The first-order valence-electron chi connectivity index (χ1n) is 4.73. The van der Waals surface area contributed by atoms with Gasteiger partial charge in [-0.15, -0.1) is 11.3 Å². The monoisotopic (exact) mass is 197 g/mol. The van der Waals surface area contributed by atoms with Gasteiger partial charge >= 0.3 is 0 Å². The zero-order valence-electron chi connectivity index (χ0n) is 8.98. The highest BCUT2D eigenvalue weighted by molar-refractivity contribution is 7.11. The van der Waals surface area contributed by atoms with Crippen molar-refractivity contribution in [2.75, 3.05) is 6.54 Å². The van der Waals surface area contributed by atoms with Gasteiger partial charge in [-0.1, -0.05) is 20.8 Å². The third-order valence-corrected chi connectivity index (χ3v) is 2.75. The smallest absolute Gasteiger partial charge is 0.0300 e. The summed E-state index contributed by atoms with van der Waals surface area (Å²) in [4.78, 5) is 2.83. The van der Waals surface area contributed by atoms with Gasteiger partial charge in [-0.25, -0.2) is 0 Å². The van der Waals surface area contributed by atoms with E-state index in [-0.39, 0.29) is 0 Å². The predicted molar refractivity (Wildman–Crippen MR) is 60.2 cm³/mol. The van der Waals surface area contributed by atoms with Crippen LogP contribution in [0.5, 0.6) is 0 Å². The zero-order chi connectivity index (χ0) is 9.90. The summed E-state index contributed by atoms with van der Waals surface area (Å²) in [7, 11) is 0. The molecule has 0 saturated carbocycles. The Bertz CT molecular complexity index is 257. The SMILES string of the molecule is Cc1ccc(CNCC(C)(C)C)s1. The molecule has 1 rings (SSSR count). The van der Waals surface area contributed by atoms with E-state index in [1.54, 1.807) is 0 Å². The Labute approximate surface area is 85.2 Å². The Morgan fingerprint density at radius 3 is 2.46 bits per heavy atom. The molecule has 1 aromatic heterocycles. The molecule has 1 heterocycles. The minimum Gasteiger partial charge on any atom is -0.311 e. The van der Waals surface area contributed by atoms with Crippen LogP contribution in [0.4, 0.5) is 0 Å². The van der Waals surface area contributed by atoms with E-state index in [1.807, 2.05) is 11.3 Å². The fraction of sp³-hybridized carbons (Fsp3) is 0.636. The van der Waals surface area contributed by atoms with Gasteiger partial charge in [-0.3, -0.25) is 0 Å². The van der Waals surface area contributed by atoms with E-state index in [2.05, 4.69) is 45.1 Å². The van der Waals surface area contributed by atoms with Crippen molar-refractivity contribution in [1.82, 2.24) is 5.32 Å². The molecule has 0 spiro atoms. The molecule has 0 saturated heterocycles. The molecule has 0 fully saturated rings. The summed E-state index contributed by atoms with van der Waals surface area (Å²) < 4.78 is 0. The van der Waals surface area contributed by atoms with Crippen LogP contribution in [-0.2, 0) is 6.54 Å². The topological polar surface area (TPSA) is 12.0 Å². The summed E-state index contributed by atoms with van der Waals surface area (Å²) in [5.74, 6) is 0. The van der Waals surface area contributed by atoms with Crippen molar-refractivity contribution >= 4 is 11.3 Å². The van der Waals surface area contributed by atoms with Crippen molar-refractivity contribution in [2.24, 2.45) is 5.41 Å². The molecule has 2 heteroatoms. The third-order valence-electron chi connectivity index (χ3n) is 1.75. The van der Waals surface area contributed by atoms with Crippen molar-refractivity contribution in [2.45, 2.75) is 34.2 Å². The summed E-state index contributed by atoms with van der Waals surface area (Å²) in [6, 6.07) is 4.38. The molecule has 0 aromatic carbocycles. The molecule has 0 amide bonds. The molecule has 74 valence electrons. The molecule has 1 nitrogen and oxygen atoms in total. The van der Waals surface area contributed by atoms with Crippen LogP contribution in [0.25, 0.3) is 0 Å². The van der Waals surface area contributed by atoms with Crippen LogP contribution in [0.2, 0.25) is 0 Å². The molecule has 0 bridgehead atoms. The number of hydrogen-bond donors (Lipinski definition) is 1. The van der Waals surface area contributed by atoms with E-state index < -0.39 is 0 Å². The van der Waals surface area contributed by atoms with Gasteiger partial charge in [-0.2, -0.15) is 0 Å². The molecule has 0 aliphatic rings. The van der Waals surface area contributed by atoms with E-state index in [4.69, 9.17) is 0 Å². The lowest BCUT2D eigenvalue weighted by Crippen LogP contribution is -2.26. The summed E-state index contributed by atoms with van der Waals surface area (Å²) >= 11 is 1.88. The first-order valence-corrected chi connectivity index (χ1v) is 5.55. The van der Waals surface area contributed by atoms with Gasteiger partial charge in [0.15, 0.2) is 0 Å². The van der Waals surface area contributed by atoms with Crippen LogP contribution in [0, 0.1) is 12.3 Å². The van der Waals surface area contributed by atoms with E-state index in [0.717, 1.165) is 13.1 Å². The highest BCUT2D eigenvalue weighted by Crippen LogP contribution is 2.15. The van der Waals surface area contributed by atoms with Crippen LogP contribution < -0.4 is 5.32 Å². The van der Waals surface area contributed by atoms with Gasteiger partial charge in [0.2, 0.25) is 0 Å². The minimum atomic E-state index is 0.381. The van der Waals surface area contributed by atoms with Crippen molar-refractivity contribution < 1.29 is 0 Å². The lowest BCUT2D eigenvalue weighted by Gasteiger charge is -2.18. The number of thiophene rings is 1. The Kier molecular flexibility index (Phi) is 3.51. The maximum absolute atomic E-state index is 3.47. The average molecular weight is 197 g/mol. The largest absolute Gasteiger partial charge is 0.311 e. The third kappa shape index (κ3) is 4.44. The number of nitrogens with one attached hydrogen (secondary N) is 1. The van der Waals surface area contributed by atoms with E-state index in [0.29, 0.717) is 5.41 Å². The molecular weight excluding hydrogens is 178 g/mol. The summed E-state index contributed by atoms with van der Waals surface area (Å²) in [5, 5.41) is 3.47. The van der Waals surface area contributed by atoms with E-state index in [9.17, 15) is 0 Å². The average Bonchev–Trinajstić information content (AvgIpc) is 2.33. The Morgan fingerprint density at radius 1 is 1.31 bits per heavy atom. The molecule has 0 atom stereocenters. The summed E-state index contributed by atoms with van der Waals surface area (Å²) in [6.45, 7) is 11.0. The highest BCUT2D eigenvalue weighted by Gasteiger charge is 2.08. The van der Waals surface area contributed by atoms with Crippen LogP contribution in [0.3, 0.4) is 0 Å². The van der Waals surface area contributed by atoms with Gasteiger partial charge in [0.25, 0.3) is 0 Å². The Hall–Kier alpha value is -0.340. The van der Waals surface area contributed by atoms with Gasteiger partial charge in [0, 0.05) is 22.8 Å². The normalized spacial score (nSPS) is 12.0. The molecule has 1 N–H and O–H groups in total. The molecule has 1 aromatic rings. The lowest BCUT2D eigenvalue weighted by atomic mass is 9.97. The maximum atomic E-state index is 3.47. The van der Waals surface area contributed by atoms with E-state index in [1.165, 1.54) is 9.75 Å². The Balaban J connectivity index is 2.28. The quantitative estimate of drug-likeness (QED) is 0.784. The van der Waals surface area contributed by atoms with Crippen LogP contribution in [0.1, 0.15) is 30.5 Å².